The van der Waals surface area contributed by atoms with Gasteiger partial charge in [0.1, 0.15) is 5.75 Å². The number of likely N-dealkylation sites (N-methyl/N-ethyl adjacent to an activating group) is 1. The van der Waals surface area contributed by atoms with Crippen molar-refractivity contribution < 1.29 is 22.4 Å². The molecule has 7 nitrogen and oxygen atoms in total. The van der Waals surface area contributed by atoms with Gasteiger partial charge >= 0.3 is 0 Å². The summed E-state index contributed by atoms with van der Waals surface area (Å²) in [6.07, 6.45) is 0. The molecule has 0 fully saturated rings. The number of methoxy groups -OCH3 is 1. The lowest BCUT2D eigenvalue weighted by molar-refractivity contribution is 0.0902. The van der Waals surface area contributed by atoms with Crippen molar-refractivity contribution in [1.29, 1.82) is 0 Å². The second-order valence-corrected chi connectivity index (χ2v) is 9.61. The van der Waals surface area contributed by atoms with Crippen molar-refractivity contribution in [2.75, 3.05) is 26.7 Å². The maximum atomic E-state index is 12.8. The maximum Gasteiger partial charge on any atom is 0.287 e. The van der Waals surface area contributed by atoms with E-state index < -0.39 is 15.7 Å². The van der Waals surface area contributed by atoms with Crippen molar-refractivity contribution in [3.05, 3.63) is 77.0 Å². The molecule has 0 aliphatic heterocycles. The third kappa shape index (κ3) is 5.76. The topological polar surface area (TPSA) is 88.9 Å². The Morgan fingerprint density at radius 2 is 1.67 bits per heavy atom. The first kappa shape index (κ1) is 24.8. The molecule has 3 aromatic rings. The van der Waals surface area contributed by atoms with Crippen LogP contribution in [0.25, 0.3) is 0 Å². The standard InChI is InChI=1S/C24H27ClN2O5S/c1-4-27(5-2)21(17-6-10-19(31-3)11-7-17)16-26-24(28)22-14-15-23(32-22)33(29,30)20-12-8-18(25)9-13-20/h6-15,21H,4-5,16H2,1-3H3,(H,26,28). The summed E-state index contributed by atoms with van der Waals surface area (Å²) in [4.78, 5) is 15.0. The quantitative estimate of drug-likeness (QED) is 0.447. The third-order valence-electron chi connectivity index (χ3n) is 5.40. The van der Waals surface area contributed by atoms with Gasteiger partial charge in [0, 0.05) is 11.6 Å². The molecule has 0 saturated heterocycles. The van der Waals surface area contributed by atoms with E-state index in [2.05, 4.69) is 24.1 Å². The molecule has 0 spiro atoms. The third-order valence-corrected chi connectivity index (χ3v) is 7.30. The number of carbonyl (C=O) groups is 1. The fraction of sp³-hybridized carbons (Fsp3) is 0.292. The van der Waals surface area contributed by atoms with Crippen molar-refractivity contribution in [3.8, 4) is 5.75 Å². The number of nitrogens with zero attached hydrogens (tertiary/aromatic N) is 1. The monoisotopic (exact) mass is 490 g/mol. The lowest BCUT2D eigenvalue weighted by atomic mass is 10.0. The molecule has 3 rings (SSSR count). The fourth-order valence-corrected chi connectivity index (χ4v) is 4.84. The Labute approximate surface area is 199 Å². The summed E-state index contributed by atoms with van der Waals surface area (Å²) in [7, 11) is -2.28. The molecule has 1 unspecified atom stereocenters. The molecule has 0 aliphatic rings. The number of furan rings is 1. The van der Waals surface area contributed by atoms with Crippen molar-refractivity contribution in [3.63, 3.8) is 0 Å². The number of halogens is 1. The van der Waals surface area contributed by atoms with E-state index in [9.17, 15) is 13.2 Å². The predicted octanol–water partition coefficient (Wildman–Crippen LogP) is 4.59. The second kappa shape index (κ2) is 10.9. The molecule has 33 heavy (non-hydrogen) atoms. The van der Waals surface area contributed by atoms with Gasteiger partial charge in [0.2, 0.25) is 14.9 Å². The van der Waals surface area contributed by atoms with Gasteiger partial charge in [-0.3, -0.25) is 9.69 Å². The van der Waals surface area contributed by atoms with Crippen molar-refractivity contribution in [2.45, 2.75) is 29.9 Å². The molecule has 0 bridgehead atoms. The van der Waals surface area contributed by atoms with Crippen LogP contribution in [0.15, 0.2) is 75.1 Å². The molecule has 0 saturated carbocycles. The highest BCUT2D eigenvalue weighted by Crippen LogP contribution is 2.25. The van der Waals surface area contributed by atoms with Crippen molar-refractivity contribution >= 4 is 27.3 Å². The van der Waals surface area contributed by atoms with E-state index >= 15 is 0 Å². The first-order valence-corrected chi connectivity index (χ1v) is 12.4. The van der Waals surface area contributed by atoms with Crippen LogP contribution in [0.4, 0.5) is 0 Å². The molecule has 1 amide bonds. The largest absolute Gasteiger partial charge is 0.497 e. The smallest absolute Gasteiger partial charge is 0.287 e. The van der Waals surface area contributed by atoms with E-state index in [1.54, 1.807) is 7.11 Å². The molecule has 176 valence electrons. The average Bonchev–Trinajstić information content (AvgIpc) is 3.33. The Morgan fingerprint density at radius 1 is 1.03 bits per heavy atom. The molecule has 0 radical (unpaired) electrons. The Bertz CT molecular complexity index is 1170. The highest BCUT2D eigenvalue weighted by Gasteiger charge is 2.25. The van der Waals surface area contributed by atoms with Gasteiger partial charge in [-0.2, -0.15) is 0 Å². The molecule has 0 aliphatic carbocycles. The predicted molar refractivity (Wildman–Crippen MR) is 127 cm³/mol. The fourth-order valence-electron chi connectivity index (χ4n) is 3.54. The van der Waals surface area contributed by atoms with Crippen LogP contribution in [-0.2, 0) is 9.84 Å². The van der Waals surface area contributed by atoms with Crippen LogP contribution in [0.1, 0.15) is 36.0 Å². The minimum absolute atomic E-state index is 0.0364. The SMILES string of the molecule is CCN(CC)C(CNC(=O)c1ccc(S(=O)(=O)c2ccc(Cl)cc2)o1)c1ccc(OC)cc1. The van der Waals surface area contributed by atoms with Crippen molar-refractivity contribution in [2.24, 2.45) is 0 Å². The Morgan fingerprint density at radius 3 is 2.24 bits per heavy atom. The Balaban J connectivity index is 1.75. The number of hydrogen-bond acceptors (Lipinski definition) is 6. The van der Waals surface area contributed by atoms with Gasteiger partial charge in [-0.25, -0.2) is 8.42 Å². The van der Waals surface area contributed by atoms with Crippen LogP contribution in [0.5, 0.6) is 5.75 Å². The van der Waals surface area contributed by atoms with Gasteiger partial charge in [-0.1, -0.05) is 37.6 Å². The van der Waals surface area contributed by atoms with E-state index in [-0.39, 0.29) is 21.8 Å². The second-order valence-electron chi connectivity index (χ2n) is 7.30. The number of ether oxygens (including phenoxy) is 1. The van der Waals surface area contributed by atoms with Crippen molar-refractivity contribution in [1.82, 2.24) is 10.2 Å². The first-order chi connectivity index (χ1) is 15.8. The number of sulfone groups is 1. The molecule has 2 aromatic carbocycles. The van der Waals surface area contributed by atoms with Crippen LogP contribution in [0.2, 0.25) is 5.02 Å². The minimum atomic E-state index is -3.90. The molecule has 1 N–H and O–H groups in total. The van der Waals surface area contributed by atoms with E-state index in [0.29, 0.717) is 11.6 Å². The zero-order chi connectivity index (χ0) is 24.0. The summed E-state index contributed by atoms with van der Waals surface area (Å²) in [5, 5.41) is 2.99. The van der Waals surface area contributed by atoms with E-state index in [1.165, 1.54) is 36.4 Å². The van der Waals surface area contributed by atoms with E-state index in [4.69, 9.17) is 20.8 Å². The van der Waals surface area contributed by atoms with Gasteiger partial charge in [-0.05, 0) is 67.2 Å². The lowest BCUT2D eigenvalue weighted by Gasteiger charge is -2.30. The Hall–Kier alpha value is -2.81. The molecule has 1 aromatic heterocycles. The summed E-state index contributed by atoms with van der Waals surface area (Å²) in [6, 6.07) is 16.0. The zero-order valence-electron chi connectivity index (χ0n) is 18.7. The minimum Gasteiger partial charge on any atom is -0.497 e. The normalized spacial score (nSPS) is 12.5. The Kier molecular flexibility index (Phi) is 8.18. The number of carbonyl (C=O) groups excluding carboxylic acids is 1. The number of nitrogens with one attached hydrogen (secondary N) is 1. The van der Waals surface area contributed by atoms with Gasteiger partial charge in [0.05, 0.1) is 18.0 Å². The summed E-state index contributed by atoms with van der Waals surface area (Å²) >= 11 is 5.84. The lowest BCUT2D eigenvalue weighted by Crippen LogP contribution is -2.38. The van der Waals surface area contributed by atoms with Crippen LogP contribution < -0.4 is 10.1 Å². The number of hydrogen-bond donors (Lipinski definition) is 1. The molecular weight excluding hydrogens is 464 g/mol. The molecule has 1 heterocycles. The van der Waals surface area contributed by atoms with E-state index in [0.717, 1.165) is 24.4 Å². The summed E-state index contributed by atoms with van der Waals surface area (Å²) < 4.78 is 36.2. The summed E-state index contributed by atoms with van der Waals surface area (Å²) in [5.74, 6) is 0.194. The highest BCUT2D eigenvalue weighted by molar-refractivity contribution is 7.91. The van der Waals surface area contributed by atoms with Crippen LogP contribution in [0.3, 0.4) is 0 Å². The maximum absolute atomic E-state index is 12.8. The zero-order valence-corrected chi connectivity index (χ0v) is 20.3. The summed E-state index contributed by atoms with van der Waals surface area (Å²) in [6.45, 7) is 6.04. The van der Waals surface area contributed by atoms with Gasteiger partial charge in [0.25, 0.3) is 5.91 Å². The summed E-state index contributed by atoms with van der Waals surface area (Å²) in [5.41, 5.74) is 1.03. The molecule has 9 heteroatoms. The molecular formula is C24H27ClN2O5S. The number of amides is 1. The van der Waals surface area contributed by atoms with Crippen LogP contribution >= 0.6 is 11.6 Å². The van der Waals surface area contributed by atoms with Gasteiger partial charge in [-0.15, -0.1) is 0 Å². The van der Waals surface area contributed by atoms with Crippen LogP contribution in [0, 0.1) is 0 Å². The van der Waals surface area contributed by atoms with Gasteiger partial charge < -0.3 is 14.5 Å². The average molecular weight is 491 g/mol. The molecule has 1 atom stereocenters. The van der Waals surface area contributed by atoms with Gasteiger partial charge in [0.15, 0.2) is 5.76 Å². The number of benzene rings is 2. The first-order valence-electron chi connectivity index (χ1n) is 10.6. The van der Waals surface area contributed by atoms with E-state index in [1.807, 2.05) is 24.3 Å². The number of rotatable bonds is 10. The van der Waals surface area contributed by atoms with Crippen LogP contribution in [-0.4, -0.2) is 46.0 Å². The highest BCUT2D eigenvalue weighted by atomic mass is 35.5.